The molecule has 1 aliphatic carbocycles. The molecule has 0 aliphatic heterocycles. The average Bonchev–Trinajstić information content (AvgIpc) is 2.96. The lowest BCUT2D eigenvalue weighted by atomic mass is 10.2. The molecular formula is C17H33IN4O2. The summed E-state index contributed by atoms with van der Waals surface area (Å²) in [6.07, 6.45) is 6.98. The normalized spacial score (nSPS) is 16.3. The second kappa shape index (κ2) is 10.8. The van der Waals surface area contributed by atoms with Gasteiger partial charge in [0, 0.05) is 32.7 Å². The third-order valence-corrected chi connectivity index (χ3v) is 3.77. The Hall–Kier alpha value is -0.990. The summed E-state index contributed by atoms with van der Waals surface area (Å²) in [6, 6.07) is 0.520. The highest BCUT2D eigenvalue weighted by Crippen LogP contribution is 2.12. The summed E-state index contributed by atoms with van der Waals surface area (Å²) < 4.78 is 5.38. The van der Waals surface area contributed by atoms with Gasteiger partial charge in [-0.05, 0) is 47.0 Å². The number of amides is 1. The van der Waals surface area contributed by atoms with Crippen LogP contribution in [0.25, 0.3) is 0 Å². The molecular weight excluding hydrogens is 419 g/mol. The number of carbonyl (C=O) groups excluding carboxylic acids is 1. The molecule has 24 heavy (non-hydrogen) atoms. The first-order valence-corrected chi connectivity index (χ1v) is 8.31. The van der Waals surface area contributed by atoms with Crippen molar-refractivity contribution in [2.75, 3.05) is 20.6 Å². The number of hydrogen-bond acceptors (Lipinski definition) is 3. The van der Waals surface area contributed by atoms with E-state index in [0.29, 0.717) is 6.04 Å². The summed E-state index contributed by atoms with van der Waals surface area (Å²) in [5.74, 6) is 0.811. The van der Waals surface area contributed by atoms with Crippen molar-refractivity contribution in [1.82, 2.24) is 15.5 Å². The van der Waals surface area contributed by atoms with Gasteiger partial charge in [-0.25, -0.2) is 4.79 Å². The van der Waals surface area contributed by atoms with Crippen LogP contribution in [0.1, 0.15) is 47.0 Å². The maximum Gasteiger partial charge on any atom is 0.410 e. The zero-order chi connectivity index (χ0) is 17.5. The number of hydrogen-bond donors (Lipinski definition) is 2. The van der Waals surface area contributed by atoms with Crippen LogP contribution in [0.3, 0.4) is 0 Å². The molecule has 0 aromatic rings. The summed E-state index contributed by atoms with van der Waals surface area (Å²) in [5.41, 5.74) is -0.468. The largest absolute Gasteiger partial charge is 0.444 e. The van der Waals surface area contributed by atoms with Crippen molar-refractivity contribution in [3.63, 3.8) is 0 Å². The lowest BCUT2D eigenvalue weighted by molar-refractivity contribution is 0.0230. The molecule has 1 atom stereocenters. The van der Waals surface area contributed by atoms with E-state index in [-0.39, 0.29) is 36.1 Å². The number of nitrogens with zero attached hydrogens (tertiary/aromatic N) is 2. The van der Waals surface area contributed by atoms with E-state index in [4.69, 9.17) is 4.74 Å². The lowest BCUT2D eigenvalue weighted by Crippen LogP contribution is -2.45. The third-order valence-electron chi connectivity index (χ3n) is 3.77. The van der Waals surface area contributed by atoms with Gasteiger partial charge in [-0.1, -0.05) is 12.2 Å². The fourth-order valence-electron chi connectivity index (χ4n) is 2.23. The molecule has 0 spiro atoms. The minimum atomic E-state index is -0.468. The Morgan fingerprint density at radius 3 is 2.46 bits per heavy atom. The topological polar surface area (TPSA) is 66.0 Å². The predicted molar refractivity (Wildman–Crippen MR) is 110 cm³/mol. The van der Waals surface area contributed by atoms with Gasteiger partial charge in [-0.2, -0.15) is 0 Å². The Labute approximate surface area is 163 Å². The molecule has 0 saturated carbocycles. The molecule has 1 aliphatic rings. The maximum absolute atomic E-state index is 12.0. The van der Waals surface area contributed by atoms with Crippen molar-refractivity contribution in [1.29, 1.82) is 0 Å². The van der Waals surface area contributed by atoms with Crippen molar-refractivity contribution >= 4 is 36.0 Å². The number of nitrogens with one attached hydrogen (secondary N) is 2. The highest BCUT2D eigenvalue weighted by atomic mass is 127. The standard InChI is InChI=1S/C17H32N4O2.HI/c1-13(21(6)16(22)23-17(2,3)4)11-12-19-15(18-5)20-14-9-7-8-10-14;/h7-8,13-14H,9-12H2,1-6H3,(H2,18,19,20);1H. The number of guanidine groups is 1. The summed E-state index contributed by atoms with van der Waals surface area (Å²) in [5, 5.41) is 6.70. The van der Waals surface area contributed by atoms with Crippen molar-refractivity contribution in [3.8, 4) is 0 Å². The molecule has 6 nitrogen and oxygen atoms in total. The van der Waals surface area contributed by atoms with Gasteiger partial charge in [-0.3, -0.25) is 4.99 Å². The monoisotopic (exact) mass is 452 g/mol. The summed E-state index contributed by atoms with van der Waals surface area (Å²) in [4.78, 5) is 17.9. The predicted octanol–water partition coefficient (Wildman–Crippen LogP) is 3.13. The van der Waals surface area contributed by atoms with E-state index < -0.39 is 5.60 Å². The second-order valence-electron chi connectivity index (χ2n) is 7.01. The first kappa shape index (κ1) is 23.0. The quantitative estimate of drug-likeness (QED) is 0.291. The first-order chi connectivity index (χ1) is 10.7. The number of aliphatic imine (C=N–C) groups is 1. The molecule has 1 rings (SSSR count). The third kappa shape index (κ3) is 8.75. The fraction of sp³-hybridized carbons (Fsp3) is 0.765. The fourth-order valence-corrected chi connectivity index (χ4v) is 2.23. The highest BCUT2D eigenvalue weighted by molar-refractivity contribution is 14.0. The molecule has 1 unspecified atom stereocenters. The van der Waals surface area contributed by atoms with Crippen LogP contribution in [-0.4, -0.2) is 55.3 Å². The summed E-state index contributed by atoms with van der Waals surface area (Å²) in [7, 11) is 3.55. The van der Waals surface area contributed by atoms with Gasteiger partial charge in [0.05, 0.1) is 0 Å². The maximum atomic E-state index is 12.0. The van der Waals surface area contributed by atoms with Crippen LogP contribution in [0.4, 0.5) is 4.79 Å². The van der Waals surface area contributed by atoms with Crippen LogP contribution in [0.5, 0.6) is 0 Å². The van der Waals surface area contributed by atoms with Gasteiger partial charge >= 0.3 is 6.09 Å². The highest BCUT2D eigenvalue weighted by Gasteiger charge is 2.22. The van der Waals surface area contributed by atoms with Gasteiger partial charge in [0.1, 0.15) is 5.60 Å². The zero-order valence-electron chi connectivity index (χ0n) is 15.8. The number of rotatable bonds is 5. The smallest absolute Gasteiger partial charge is 0.410 e. The van der Waals surface area contributed by atoms with Crippen LogP contribution >= 0.6 is 24.0 Å². The molecule has 0 aromatic heterocycles. The Kier molecular flexibility index (Phi) is 10.3. The van der Waals surface area contributed by atoms with E-state index in [1.54, 1.807) is 19.0 Å². The van der Waals surface area contributed by atoms with Crippen molar-refractivity contribution in [2.24, 2.45) is 4.99 Å². The molecule has 0 fully saturated rings. The van der Waals surface area contributed by atoms with Gasteiger partial charge in [-0.15, -0.1) is 24.0 Å². The molecule has 140 valence electrons. The zero-order valence-corrected chi connectivity index (χ0v) is 18.1. The molecule has 0 radical (unpaired) electrons. The Balaban J connectivity index is 0.00000529. The summed E-state index contributed by atoms with van der Waals surface area (Å²) >= 11 is 0. The minimum Gasteiger partial charge on any atom is -0.444 e. The molecule has 0 bridgehead atoms. The van der Waals surface area contributed by atoms with Gasteiger partial charge in [0.2, 0.25) is 0 Å². The van der Waals surface area contributed by atoms with Crippen molar-refractivity contribution in [2.45, 2.75) is 64.6 Å². The van der Waals surface area contributed by atoms with Crippen molar-refractivity contribution < 1.29 is 9.53 Å². The molecule has 0 aromatic carbocycles. The van der Waals surface area contributed by atoms with E-state index in [2.05, 4.69) is 27.8 Å². The Morgan fingerprint density at radius 2 is 1.96 bits per heavy atom. The van der Waals surface area contributed by atoms with Crippen LogP contribution in [-0.2, 0) is 4.74 Å². The van der Waals surface area contributed by atoms with Crippen LogP contribution in [0, 0.1) is 0 Å². The van der Waals surface area contributed by atoms with Gasteiger partial charge in [0.15, 0.2) is 5.96 Å². The second-order valence-corrected chi connectivity index (χ2v) is 7.01. The van der Waals surface area contributed by atoms with Crippen LogP contribution in [0.2, 0.25) is 0 Å². The molecule has 7 heteroatoms. The Bertz CT molecular complexity index is 438. The van der Waals surface area contributed by atoms with Crippen molar-refractivity contribution in [3.05, 3.63) is 12.2 Å². The molecule has 0 heterocycles. The van der Waals surface area contributed by atoms with Gasteiger partial charge in [0.25, 0.3) is 0 Å². The van der Waals surface area contributed by atoms with E-state index in [9.17, 15) is 4.79 Å². The SMILES string of the molecule is CN=C(NCCC(C)N(C)C(=O)OC(C)(C)C)NC1CC=CC1.I. The molecule has 1 amide bonds. The number of halogens is 1. The van der Waals surface area contributed by atoms with Gasteiger partial charge < -0.3 is 20.3 Å². The Morgan fingerprint density at radius 1 is 1.38 bits per heavy atom. The minimum absolute atomic E-state index is 0. The van der Waals surface area contributed by atoms with E-state index in [1.807, 2.05) is 27.7 Å². The lowest BCUT2D eigenvalue weighted by Gasteiger charge is -2.29. The average molecular weight is 452 g/mol. The molecule has 0 saturated heterocycles. The number of carbonyl (C=O) groups is 1. The molecule has 2 N–H and O–H groups in total. The number of ether oxygens (including phenoxy) is 1. The van der Waals surface area contributed by atoms with E-state index in [0.717, 1.165) is 31.8 Å². The van der Waals surface area contributed by atoms with Crippen LogP contribution in [0.15, 0.2) is 17.1 Å². The van der Waals surface area contributed by atoms with E-state index in [1.165, 1.54) is 0 Å². The van der Waals surface area contributed by atoms with Crippen LogP contribution < -0.4 is 10.6 Å². The van der Waals surface area contributed by atoms with E-state index >= 15 is 0 Å². The summed E-state index contributed by atoms with van der Waals surface area (Å²) in [6.45, 7) is 8.38. The first-order valence-electron chi connectivity index (χ1n) is 8.31.